The molecule has 0 spiro atoms. The molecule has 13 heavy (non-hydrogen) atoms. The van der Waals surface area contributed by atoms with Crippen molar-refractivity contribution in [3.63, 3.8) is 0 Å². The van der Waals surface area contributed by atoms with Gasteiger partial charge in [-0.25, -0.2) is 0 Å². The molecule has 2 amide bonds. The van der Waals surface area contributed by atoms with Crippen LogP contribution in [0.5, 0.6) is 0 Å². The van der Waals surface area contributed by atoms with Crippen LogP contribution >= 0.6 is 0 Å². The van der Waals surface area contributed by atoms with Crippen molar-refractivity contribution in [2.24, 2.45) is 0 Å². The molecule has 4 N–H and O–H groups in total. The first-order chi connectivity index (χ1) is 6.25. The molecule has 1 saturated heterocycles. The molecule has 1 atom stereocenters. The molecule has 0 radical (unpaired) electrons. The summed E-state index contributed by atoms with van der Waals surface area (Å²) >= 11 is 0. The van der Waals surface area contributed by atoms with Gasteiger partial charge in [0.05, 0.1) is 6.61 Å². The molecule has 1 unspecified atom stereocenters. The second-order valence-corrected chi connectivity index (χ2v) is 2.69. The minimum Gasteiger partial charge on any atom is -0.395 e. The molecule has 0 aromatic rings. The van der Waals surface area contributed by atoms with Crippen LogP contribution in [0.25, 0.3) is 0 Å². The number of nitrogens with one attached hydrogen (secondary N) is 3. The van der Waals surface area contributed by atoms with E-state index in [1.54, 1.807) is 0 Å². The first-order valence-electron chi connectivity index (χ1n) is 4.15. The first kappa shape index (κ1) is 9.94. The topological polar surface area (TPSA) is 90.5 Å². The number of carbonyl (C=O) groups is 2. The van der Waals surface area contributed by atoms with Crippen LogP contribution in [0.15, 0.2) is 0 Å². The Hall–Kier alpha value is -1.14. The normalized spacial score (nSPS) is 22.2. The molecular formula is C7H13N3O3. The number of hydrogen-bond acceptors (Lipinski definition) is 4. The maximum Gasteiger partial charge on any atom is 0.246 e. The molecule has 1 heterocycles. The van der Waals surface area contributed by atoms with Gasteiger partial charge in [-0.3, -0.25) is 14.9 Å². The van der Waals surface area contributed by atoms with Crippen molar-refractivity contribution in [3.8, 4) is 0 Å². The number of aliphatic hydroxyl groups is 1. The summed E-state index contributed by atoms with van der Waals surface area (Å²) in [7, 11) is 0. The van der Waals surface area contributed by atoms with E-state index in [1.165, 1.54) is 0 Å². The van der Waals surface area contributed by atoms with Crippen molar-refractivity contribution in [2.75, 3.05) is 26.2 Å². The Bertz CT molecular complexity index is 207. The average Bonchev–Trinajstić information content (AvgIpc) is 2.15. The molecule has 6 heteroatoms. The zero-order valence-electron chi connectivity index (χ0n) is 7.17. The van der Waals surface area contributed by atoms with Gasteiger partial charge in [-0.2, -0.15) is 0 Å². The van der Waals surface area contributed by atoms with Crippen LogP contribution in [-0.4, -0.2) is 49.2 Å². The maximum atomic E-state index is 11.2. The van der Waals surface area contributed by atoms with Gasteiger partial charge in [0.25, 0.3) is 0 Å². The van der Waals surface area contributed by atoms with Crippen LogP contribution in [0.4, 0.5) is 0 Å². The molecule has 0 aromatic heterocycles. The molecule has 0 saturated carbocycles. The summed E-state index contributed by atoms with van der Waals surface area (Å²) in [4.78, 5) is 22.3. The molecule has 1 fully saturated rings. The lowest BCUT2D eigenvalue weighted by Gasteiger charge is -2.22. The number of hydrogen-bond donors (Lipinski definition) is 4. The molecule has 0 bridgehead atoms. The molecule has 0 aliphatic carbocycles. The third-order valence-electron chi connectivity index (χ3n) is 1.71. The van der Waals surface area contributed by atoms with Crippen molar-refractivity contribution in [2.45, 2.75) is 6.04 Å². The predicted octanol–water partition coefficient (Wildman–Crippen LogP) is -2.82. The Labute approximate surface area is 75.7 Å². The standard InChI is InChI=1S/C7H13N3O3/c11-4-3-10-7(13)5-6(12)9-2-1-8-5/h5,8,11H,1-4H2,(H,9,12)(H,10,13). The fourth-order valence-corrected chi connectivity index (χ4v) is 1.09. The average molecular weight is 187 g/mol. The highest BCUT2D eigenvalue weighted by molar-refractivity contribution is 6.04. The highest BCUT2D eigenvalue weighted by Gasteiger charge is 2.27. The van der Waals surface area contributed by atoms with E-state index in [2.05, 4.69) is 16.0 Å². The number of rotatable bonds is 3. The van der Waals surface area contributed by atoms with Gasteiger partial charge >= 0.3 is 0 Å². The van der Waals surface area contributed by atoms with Crippen molar-refractivity contribution in [1.82, 2.24) is 16.0 Å². The lowest BCUT2D eigenvalue weighted by atomic mass is 10.2. The van der Waals surface area contributed by atoms with Gasteiger partial charge in [-0.05, 0) is 0 Å². The summed E-state index contributed by atoms with van der Waals surface area (Å²) in [6, 6.07) is -0.819. The smallest absolute Gasteiger partial charge is 0.246 e. The van der Waals surface area contributed by atoms with E-state index < -0.39 is 11.9 Å². The minimum absolute atomic E-state index is 0.125. The van der Waals surface area contributed by atoms with E-state index in [1.807, 2.05) is 0 Å². The third kappa shape index (κ3) is 2.67. The zero-order valence-corrected chi connectivity index (χ0v) is 7.17. The predicted molar refractivity (Wildman–Crippen MR) is 44.9 cm³/mol. The fourth-order valence-electron chi connectivity index (χ4n) is 1.09. The van der Waals surface area contributed by atoms with Gasteiger partial charge in [0.15, 0.2) is 6.04 Å². The van der Waals surface area contributed by atoms with Crippen LogP contribution in [0.2, 0.25) is 0 Å². The molecular weight excluding hydrogens is 174 g/mol. The van der Waals surface area contributed by atoms with Crippen LogP contribution < -0.4 is 16.0 Å². The van der Waals surface area contributed by atoms with Crippen LogP contribution in [0.1, 0.15) is 0 Å². The third-order valence-corrected chi connectivity index (χ3v) is 1.71. The number of carbonyl (C=O) groups excluding carboxylic acids is 2. The van der Waals surface area contributed by atoms with Gasteiger partial charge in [-0.15, -0.1) is 0 Å². The van der Waals surface area contributed by atoms with Gasteiger partial charge in [0.2, 0.25) is 11.8 Å². The van der Waals surface area contributed by atoms with Crippen molar-refractivity contribution >= 4 is 11.8 Å². The van der Waals surface area contributed by atoms with E-state index >= 15 is 0 Å². The zero-order chi connectivity index (χ0) is 9.68. The highest BCUT2D eigenvalue weighted by Crippen LogP contribution is 1.88. The van der Waals surface area contributed by atoms with Crippen LogP contribution in [-0.2, 0) is 9.59 Å². The Morgan fingerprint density at radius 2 is 2.38 bits per heavy atom. The Balaban J connectivity index is 2.39. The van der Waals surface area contributed by atoms with E-state index in [4.69, 9.17) is 5.11 Å². The second kappa shape index (κ2) is 4.78. The summed E-state index contributed by atoms with van der Waals surface area (Å²) in [5.74, 6) is -0.715. The van der Waals surface area contributed by atoms with E-state index in [0.29, 0.717) is 13.1 Å². The molecule has 1 aliphatic rings. The quantitative estimate of drug-likeness (QED) is 0.359. The van der Waals surface area contributed by atoms with Gasteiger partial charge in [0.1, 0.15) is 0 Å². The SMILES string of the molecule is O=C(NCCO)C1NCCNC1=O. The summed E-state index contributed by atoms with van der Waals surface area (Å²) in [5, 5.41) is 16.2. The molecule has 74 valence electrons. The van der Waals surface area contributed by atoms with E-state index in [9.17, 15) is 9.59 Å². The van der Waals surface area contributed by atoms with E-state index in [-0.39, 0.29) is 19.1 Å². The first-order valence-corrected chi connectivity index (χ1v) is 4.15. The summed E-state index contributed by atoms with van der Waals surface area (Å²) in [6.07, 6.45) is 0. The largest absolute Gasteiger partial charge is 0.395 e. The summed E-state index contributed by atoms with van der Waals surface area (Å²) in [6.45, 7) is 1.18. The molecule has 0 aromatic carbocycles. The van der Waals surface area contributed by atoms with Gasteiger partial charge < -0.3 is 15.7 Å². The van der Waals surface area contributed by atoms with Crippen molar-refractivity contribution in [1.29, 1.82) is 0 Å². The number of amides is 2. The van der Waals surface area contributed by atoms with Crippen LogP contribution in [0, 0.1) is 0 Å². The second-order valence-electron chi connectivity index (χ2n) is 2.69. The lowest BCUT2D eigenvalue weighted by Crippen LogP contribution is -2.59. The number of piperazine rings is 1. The number of aliphatic hydroxyl groups excluding tert-OH is 1. The van der Waals surface area contributed by atoms with Gasteiger partial charge in [-0.1, -0.05) is 0 Å². The Kier molecular flexibility index (Phi) is 3.66. The highest BCUT2D eigenvalue weighted by atomic mass is 16.3. The van der Waals surface area contributed by atoms with Crippen LogP contribution in [0.3, 0.4) is 0 Å². The maximum absolute atomic E-state index is 11.2. The lowest BCUT2D eigenvalue weighted by molar-refractivity contribution is -0.133. The molecule has 6 nitrogen and oxygen atoms in total. The summed E-state index contributed by atoms with van der Waals surface area (Å²) in [5.41, 5.74) is 0. The monoisotopic (exact) mass is 187 g/mol. The Morgan fingerprint density at radius 3 is 3.00 bits per heavy atom. The van der Waals surface area contributed by atoms with Gasteiger partial charge in [0, 0.05) is 19.6 Å². The summed E-state index contributed by atoms with van der Waals surface area (Å²) < 4.78 is 0. The minimum atomic E-state index is -0.819. The molecule has 1 rings (SSSR count). The van der Waals surface area contributed by atoms with Crippen molar-refractivity contribution in [3.05, 3.63) is 0 Å². The fraction of sp³-hybridized carbons (Fsp3) is 0.714. The molecule has 1 aliphatic heterocycles. The van der Waals surface area contributed by atoms with Crippen molar-refractivity contribution < 1.29 is 14.7 Å². The van der Waals surface area contributed by atoms with E-state index in [0.717, 1.165) is 0 Å². The Morgan fingerprint density at radius 1 is 1.62 bits per heavy atom.